The molecule has 124 valence electrons. The van der Waals surface area contributed by atoms with Crippen LogP contribution in [0.1, 0.15) is 48.8 Å². The van der Waals surface area contributed by atoms with E-state index < -0.39 is 17.7 Å². The van der Waals surface area contributed by atoms with E-state index in [2.05, 4.69) is 26.9 Å². The maximum atomic E-state index is 11.4. The summed E-state index contributed by atoms with van der Waals surface area (Å²) in [7, 11) is 1.31. The molecule has 1 aromatic heterocycles. The van der Waals surface area contributed by atoms with E-state index in [1.165, 1.54) is 13.3 Å². The largest absolute Gasteiger partial charge is 0.464 e. The zero-order chi connectivity index (χ0) is 17.5. The van der Waals surface area contributed by atoms with Gasteiger partial charge in [-0.25, -0.2) is 14.6 Å². The van der Waals surface area contributed by atoms with Crippen LogP contribution in [-0.2, 0) is 9.47 Å². The first-order valence-electron chi connectivity index (χ1n) is 7.23. The summed E-state index contributed by atoms with van der Waals surface area (Å²) in [4.78, 5) is 26.9. The van der Waals surface area contributed by atoms with Crippen molar-refractivity contribution < 1.29 is 19.1 Å². The molecule has 1 rings (SSSR count). The van der Waals surface area contributed by atoms with Gasteiger partial charge in [-0.3, -0.25) is 0 Å². The van der Waals surface area contributed by atoms with Crippen molar-refractivity contribution in [3.05, 3.63) is 29.1 Å². The van der Waals surface area contributed by atoms with E-state index in [0.29, 0.717) is 24.1 Å². The third kappa shape index (κ3) is 6.83. The van der Waals surface area contributed by atoms with Crippen molar-refractivity contribution in [2.45, 2.75) is 39.7 Å². The maximum Gasteiger partial charge on any atom is 0.407 e. The van der Waals surface area contributed by atoms with E-state index in [9.17, 15) is 9.59 Å². The van der Waals surface area contributed by atoms with Crippen LogP contribution in [0.2, 0.25) is 0 Å². The average Bonchev–Trinajstić information content (AvgIpc) is 2.44. The number of nitrogens with one attached hydrogen (secondary N) is 1. The lowest BCUT2D eigenvalue weighted by atomic mass is 10.1. The molecule has 0 atom stereocenters. The molecule has 0 aromatic carbocycles. The highest BCUT2D eigenvalue weighted by molar-refractivity contribution is 5.88. The van der Waals surface area contributed by atoms with Crippen molar-refractivity contribution in [1.29, 1.82) is 0 Å². The minimum absolute atomic E-state index is 0.282. The Balaban J connectivity index is 2.50. The number of methoxy groups -OCH3 is 1. The summed E-state index contributed by atoms with van der Waals surface area (Å²) in [6.45, 7) is 7.59. The van der Waals surface area contributed by atoms with E-state index in [0.717, 1.165) is 0 Å². The summed E-state index contributed by atoms with van der Waals surface area (Å²) in [5, 5.41) is 2.63. The monoisotopic (exact) mass is 318 g/mol. The van der Waals surface area contributed by atoms with Gasteiger partial charge in [-0.1, -0.05) is 11.8 Å². The van der Waals surface area contributed by atoms with Crippen LogP contribution < -0.4 is 5.32 Å². The molecule has 0 aliphatic carbocycles. The van der Waals surface area contributed by atoms with Crippen LogP contribution in [0.3, 0.4) is 0 Å². The fraction of sp³-hybridized carbons (Fsp3) is 0.471. The van der Waals surface area contributed by atoms with Gasteiger partial charge in [0.25, 0.3) is 0 Å². The first-order valence-corrected chi connectivity index (χ1v) is 7.23. The molecule has 6 heteroatoms. The van der Waals surface area contributed by atoms with Gasteiger partial charge in [0.05, 0.1) is 7.11 Å². The number of rotatable bonds is 3. The summed E-state index contributed by atoms with van der Waals surface area (Å²) in [5.41, 5.74) is 1.17. The summed E-state index contributed by atoms with van der Waals surface area (Å²) in [5.74, 6) is 5.40. The molecule has 0 bridgehead atoms. The van der Waals surface area contributed by atoms with Crippen molar-refractivity contribution in [3.63, 3.8) is 0 Å². The van der Waals surface area contributed by atoms with Gasteiger partial charge in [0.1, 0.15) is 5.60 Å². The van der Waals surface area contributed by atoms with Crippen LogP contribution in [0.25, 0.3) is 0 Å². The molecule has 1 heterocycles. The molecule has 0 fully saturated rings. The molecule has 1 amide bonds. The minimum atomic E-state index is -0.514. The highest BCUT2D eigenvalue weighted by Gasteiger charge is 2.15. The number of alkyl carbamates (subject to hydrolysis) is 1. The molecule has 0 radical (unpaired) electrons. The van der Waals surface area contributed by atoms with Crippen LogP contribution >= 0.6 is 0 Å². The number of hydrogen-bond acceptors (Lipinski definition) is 5. The molecule has 23 heavy (non-hydrogen) atoms. The number of carbonyl (C=O) groups is 2. The Bertz CT molecular complexity index is 636. The SMILES string of the molecule is COC(=O)c1ncc(C#CCCNC(=O)OC(C)(C)C)cc1C. The van der Waals surface area contributed by atoms with Gasteiger partial charge in [-0.15, -0.1) is 0 Å². The zero-order valence-corrected chi connectivity index (χ0v) is 14.1. The summed E-state index contributed by atoms with van der Waals surface area (Å²) >= 11 is 0. The fourth-order valence-corrected chi connectivity index (χ4v) is 1.66. The van der Waals surface area contributed by atoms with Crippen LogP contribution in [0, 0.1) is 18.8 Å². The van der Waals surface area contributed by atoms with Crippen molar-refractivity contribution in [1.82, 2.24) is 10.3 Å². The van der Waals surface area contributed by atoms with E-state index >= 15 is 0 Å². The summed E-state index contributed by atoms with van der Waals surface area (Å²) in [6, 6.07) is 1.77. The molecule has 6 nitrogen and oxygen atoms in total. The number of nitrogens with zero attached hydrogens (tertiary/aromatic N) is 1. The fourth-order valence-electron chi connectivity index (χ4n) is 1.66. The molecular weight excluding hydrogens is 296 g/mol. The Hall–Kier alpha value is -2.55. The lowest BCUT2D eigenvalue weighted by molar-refractivity contribution is 0.0527. The Morgan fingerprint density at radius 1 is 1.35 bits per heavy atom. The first-order chi connectivity index (χ1) is 10.7. The minimum Gasteiger partial charge on any atom is -0.464 e. The van der Waals surface area contributed by atoms with Crippen molar-refractivity contribution in [2.75, 3.05) is 13.7 Å². The number of esters is 1. The van der Waals surface area contributed by atoms with Crippen molar-refractivity contribution >= 4 is 12.1 Å². The molecule has 1 N–H and O–H groups in total. The molecule has 0 unspecified atom stereocenters. The van der Waals surface area contributed by atoms with Crippen molar-refractivity contribution in [3.8, 4) is 11.8 Å². The Morgan fingerprint density at radius 2 is 2.04 bits per heavy atom. The van der Waals surface area contributed by atoms with E-state index in [1.54, 1.807) is 33.8 Å². The second kappa shape index (κ2) is 8.18. The predicted octanol–water partition coefficient (Wildman–Crippen LogP) is 2.44. The van der Waals surface area contributed by atoms with Crippen LogP contribution in [0.5, 0.6) is 0 Å². The number of hydrogen-bond donors (Lipinski definition) is 1. The highest BCUT2D eigenvalue weighted by Crippen LogP contribution is 2.08. The van der Waals surface area contributed by atoms with E-state index in [-0.39, 0.29) is 5.69 Å². The number of amides is 1. The molecule has 0 spiro atoms. The Kier molecular flexibility index (Phi) is 6.58. The molecular formula is C17H22N2O4. The number of carbonyl (C=O) groups excluding carboxylic acids is 2. The number of aryl methyl sites for hydroxylation is 1. The molecule has 0 saturated carbocycles. The molecule has 1 aromatic rings. The molecule has 0 saturated heterocycles. The van der Waals surface area contributed by atoms with E-state index in [4.69, 9.17) is 4.74 Å². The average molecular weight is 318 g/mol. The molecule has 0 aliphatic heterocycles. The van der Waals surface area contributed by atoms with Crippen LogP contribution in [-0.4, -0.2) is 36.3 Å². The topological polar surface area (TPSA) is 77.5 Å². The molecule has 0 aliphatic rings. The smallest absolute Gasteiger partial charge is 0.407 e. The van der Waals surface area contributed by atoms with Crippen LogP contribution in [0.4, 0.5) is 4.79 Å². The van der Waals surface area contributed by atoms with Gasteiger partial charge in [0.2, 0.25) is 0 Å². The van der Waals surface area contributed by atoms with Gasteiger partial charge in [-0.2, -0.15) is 0 Å². The van der Waals surface area contributed by atoms with Gasteiger partial charge < -0.3 is 14.8 Å². The third-order valence-corrected chi connectivity index (χ3v) is 2.61. The Labute approximate surface area is 136 Å². The second-order valence-electron chi connectivity index (χ2n) is 5.86. The quantitative estimate of drug-likeness (QED) is 0.526. The van der Waals surface area contributed by atoms with E-state index in [1.807, 2.05) is 0 Å². The van der Waals surface area contributed by atoms with Gasteiger partial charge in [-0.05, 0) is 39.3 Å². The number of pyridine rings is 1. The lowest BCUT2D eigenvalue weighted by Crippen LogP contribution is -2.32. The summed E-state index contributed by atoms with van der Waals surface area (Å²) in [6.07, 6.45) is 1.55. The third-order valence-electron chi connectivity index (χ3n) is 2.61. The standard InChI is InChI=1S/C17H22N2O4/c1-12-10-13(11-19-14(12)15(20)22-5)8-6-7-9-18-16(21)23-17(2,3)4/h10-11H,7,9H2,1-5H3,(H,18,21). The second-order valence-corrected chi connectivity index (χ2v) is 5.86. The van der Waals surface area contributed by atoms with Crippen LogP contribution in [0.15, 0.2) is 12.3 Å². The first kappa shape index (κ1) is 18.5. The van der Waals surface area contributed by atoms with Gasteiger partial charge >= 0.3 is 12.1 Å². The number of ether oxygens (including phenoxy) is 2. The Morgan fingerprint density at radius 3 is 2.61 bits per heavy atom. The number of aromatic nitrogens is 1. The lowest BCUT2D eigenvalue weighted by Gasteiger charge is -2.19. The predicted molar refractivity (Wildman–Crippen MR) is 86.0 cm³/mol. The zero-order valence-electron chi connectivity index (χ0n) is 14.1. The maximum absolute atomic E-state index is 11.4. The normalized spacial score (nSPS) is 10.3. The highest BCUT2D eigenvalue weighted by atomic mass is 16.6. The van der Waals surface area contributed by atoms with Crippen molar-refractivity contribution in [2.24, 2.45) is 0 Å². The van der Waals surface area contributed by atoms with Gasteiger partial charge in [0.15, 0.2) is 5.69 Å². The van der Waals surface area contributed by atoms with Gasteiger partial charge in [0, 0.05) is 24.7 Å². The summed E-state index contributed by atoms with van der Waals surface area (Å²) < 4.78 is 9.75.